The van der Waals surface area contributed by atoms with E-state index in [4.69, 9.17) is 0 Å². The number of aryl methyl sites for hydroxylation is 1. The Morgan fingerprint density at radius 1 is 1.24 bits per heavy atom. The molecule has 1 aromatic carbocycles. The molecule has 2 N–H and O–H groups in total. The van der Waals surface area contributed by atoms with Gasteiger partial charge in [-0.2, -0.15) is 13.5 Å². The number of anilines is 1. The summed E-state index contributed by atoms with van der Waals surface area (Å²) in [6.07, 6.45) is 1.40. The van der Waals surface area contributed by atoms with Crippen LogP contribution in [0.1, 0.15) is 11.1 Å². The molecule has 0 aliphatic carbocycles. The van der Waals surface area contributed by atoms with Gasteiger partial charge in [-0.15, -0.1) is 0 Å². The third-order valence-electron chi connectivity index (χ3n) is 2.61. The fourth-order valence-electron chi connectivity index (χ4n) is 1.45. The van der Waals surface area contributed by atoms with Gasteiger partial charge in [0.05, 0.1) is 11.9 Å². The van der Waals surface area contributed by atoms with Crippen molar-refractivity contribution >= 4 is 15.7 Å². The van der Waals surface area contributed by atoms with Crippen LogP contribution in [0.2, 0.25) is 0 Å². The van der Waals surface area contributed by atoms with Gasteiger partial charge in [0, 0.05) is 0 Å². The average Bonchev–Trinajstić information content (AvgIpc) is 2.78. The normalized spacial score (nSPS) is 11.4. The van der Waals surface area contributed by atoms with Gasteiger partial charge >= 0.3 is 0 Å². The lowest BCUT2D eigenvalue weighted by atomic mass is 10.1. The molecule has 0 amide bonds. The number of benzene rings is 1. The Bertz CT molecular complexity index is 618. The Balaban J connectivity index is 2.37. The van der Waals surface area contributed by atoms with E-state index >= 15 is 0 Å². The molecule has 1 aromatic heterocycles. The fraction of sp³-hybridized carbons (Fsp3) is 0.182. The van der Waals surface area contributed by atoms with Crippen molar-refractivity contribution in [3.63, 3.8) is 0 Å². The summed E-state index contributed by atoms with van der Waals surface area (Å²) >= 11 is 0. The second-order valence-electron chi connectivity index (χ2n) is 3.77. The lowest BCUT2D eigenvalue weighted by Crippen LogP contribution is -2.14. The summed E-state index contributed by atoms with van der Waals surface area (Å²) in [6.45, 7) is 3.81. The number of rotatable bonds is 3. The lowest BCUT2D eigenvalue weighted by Gasteiger charge is -2.10. The minimum Gasteiger partial charge on any atom is -0.278 e. The van der Waals surface area contributed by atoms with Gasteiger partial charge in [-0.25, -0.2) is 0 Å². The molecule has 1 heterocycles. The Morgan fingerprint density at radius 2 is 2.00 bits per heavy atom. The lowest BCUT2D eigenvalue weighted by molar-refractivity contribution is 0.597. The Kier molecular flexibility index (Phi) is 2.89. The highest BCUT2D eigenvalue weighted by Crippen LogP contribution is 2.20. The van der Waals surface area contributed by atoms with Gasteiger partial charge in [0.1, 0.15) is 0 Å². The zero-order valence-electron chi connectivity index (χ0n) is 9.56. The smallest absolute Gasteiger partial charge is 0.278 e. The van der Waals surface area contributed by atoms with E-state index in [2.05, 4.69) is 14.9 Å². The summed E-state index contributed by atoms with van der Waals surface area (Å²) in [5, 5.41) is 6.11. The molecule has 6 heteroatoms. The number of aromatic amines is 1. The predicted octanol–water partition coefficient (Wildman–Crippen LogP) is 1.83. The molecule has 0 aliphatic heterocycles. The average molecular weight is 251 g/mol. The zero-order chi connectivity index (χ0) is 12.5. The van der Waals surface area contributed by atoms with Gasteiger partial charge in [0.25, 0.3) is 10.0 Å². The van der Waals surface area contributed by atoms with Crippen molar-refractivity contribution < 1.29 is 8.42 Å². The number of H-pyrrole nitrogens is 1. The molecule has 0 aliphatic rings. The molecule has 2 rings (SSSR count). The first-order valence-electron chi connectivity index (χ1n) is 5.09. The molecule has 0 unspecified atom stereocenters. The highest BCUT2D eigenvalue weighted by molar-refractivity contribution is 7.92. The second kappa shape index (κ2) is 4.21. The van der Waals surface area contributed by atoms with E-state index in [0.29, 0.717) is 5.69 Å². The molecule has 0 radical (unpaired) electrons. The van der Waals surface area contributed by atoms with Crippen LogP contribution in [-0.2, 0) is 10.0 Å². The molecule has 0 fully saturated rings. The second-order valence-corrected chi connectivity index (χ2v) is 5.42. The van der Waals surface area contributed by atoms with Gasteiger partial charge in [0.15, 0.2) is 5.03 Å². The van der Waals surface area contributed by atoms with Gasteiger partial charge in [0.2, 0.25) is 0 Å². The highest BCUT2D eigenvalue weighted by Gasteiger charge is 2.16. The maximum atomic E-state index is 11.9. The van der Waals surface area contributed by atoms with Crippen LogP contribution in [0.4, 0.5) is 5.69 Å². The monoisotopic (exact) mass is 251 g/mol. The van der Waals surface area contributed by atoms with Crippen LogP contribution in [0.25, 0.3) is 0 Å². The minimum atomic E-state index is -3.58. The predicted molar refractivity (Wildman–Crippen MR) is 65.3 cm³/mol. The van der Waals surface area contributed by atoms with Gasteiger partial charge in [-0.05, 0) is 37.1 Å². The summed E-state index contributed by atoms with van der Waals surface area (Å²) in [5.74, 6) is 0. The Hall–Kier alpha value is -1.82. The summed E-state index contributed by atoms with van der Waals surface area (Å²) in [5.41, 5.74) is 2.53. The number of hydrogen-bond acceptors (Lipinski definition) is 3. The SMILES string of the molecule is Cc1cccc(NS(=O)(=O)c2ccn[nH]2)c1C. The van der Waals surface area contributed by atoms with E-state index in [0.717, 1.165) is 11.1 Å². The van der Waals surface area contributed by atoms with Crippen molar-refractivity contribution in [2.75, 3.05) is 4.72 Å². The van der Waals surface area contributed by atoms with Crippen LogP contribution in [0, 0.1) is 13.8 Å². The molecule has 0 atom stereocenters. The molecule has 5 nitrogen and oxygen atoms in total. The molecule has 0 spiro atoms. The molecule has 90 valence electrons. The summed E-state index contributed by atoms with van der Waals surface area (Å²) in [7, 11) is -3.58. The van der Waals surface area contributed by atoms with Crippen LogP contribution in [0.5, 0.6) is 0 Å². The first kappa shape index (κ1) is 11.7. The van der Waals surface area contributed by atoms with Crippen LogP contribution in [0.3, 0.4) is 0 Å². The van der Waals surface area contributed by atoms with Gasteiger partial charge in [-0.1, -0.05) is 12.1 Å². The summed E-state index contributed by atoms with van der Waals surface area (Å²) in [4.78, 5) is 0. The van der Waals surface area contributed by atoms with E-state index < -0.39 is 10.0 Å². The first-order chi connectivity index (χ1) is 8.00. The van der Waals surface area contributed by atoms with Crippen LogP contribution >= 0.6 is 0 Å². The van der Waals surface area contributed by atoms with Gasteiger partial charge < -0.3 is 0 Å². The molecule has 2 aromatic rings. The van der Waals surface area contributed by atoms with E-state index in [1.54, 1.807) is 6.07 Å². The maximum Gasteiger partial charge on any atom is 0.278 e. The van der Waals surface area contributed by atoms with Crippen molar-refractivity contribution in [3.8, 4) is 0 Å². The van der Waals surface area contributed by atoms with Crippen molar-refractivity contribution in [3.05, 3.63) is 41.6 Å². The molecule has 0 saturated carbocycles. The van der Waals surface area contributed by atoms with Crippen LogP contribution < -0.4 is 4.72 Å². The third-order valence-corrected chi connectivity index (χ3v) is 3.91. The fourth-order valence-corrected chi connectivity index (χ4v) is 2.49. The number of aromatic nitrogens is 2. The van der Waals surface area contributed by atoms with Gasteiger partial charge in [-0.3, -0.25) is 9.82 Å². The third kappa shape index (κ3) is 2.31. The quantitative estimate of drug-likeness (QED) is 0.873. The van der Waals surface area contributed by atoms with E-state index in [1.807, 2.05) is 26.0 Å². The molecular formula is C11H13N3O2S. The van der Waals surface area contributed by atoms with E-state index in [1.165, 1.54) is 12.3 Å². The molecule has 0 saturated heterocycles. The summed E-state index contributed by atoms with van der Waals surface area (Å²) in [6, 6.07) is 6.89. The number of nitrogens with one attached hydrogen (secondary N) is 2. The van der Waals surface area contributed by atoms with Crippen molar-refractivity contribution in [1.29, 1.82) is 0 Å². The standard InChI is InChI=1S/C11H13N3O2S/c1-8-4-3-5-10(9(8)2)14-17(15,16)11-6-7-12-13-11/h3-7,14H,1-2H3,(H,12,13). The molecule has 0 bridgehead atoms. The van der Waals surface area contributed by atoms with Crippen LogP contribution in [-0.4, -0.2) is 18.6 Å². The Morgan fingerprint density at radius 3 is 2.65 bits per heavy atom. The molecular weight excluding hydrogens is 238 g/mol. The van der Waals surface area contributed by atoms with Crippen LogP contribution in [0.15, 0.2) is 35.5 Å². The number of hydrogen-bond donors (Lipinski definition) is 2. The van der Waals surface area contributed by atoms with Crippen molar-refractivity contribution in [1.82, 2.24) is 10.2 Å². The maximum absolute atomic E-state index is 11.9. The number of sulfonamides is 1. The Labute approximate surface area is 99.9 Å². The molecule has 17 heavy (non-hydrogen) atoms. The topological polar surface area (TPSA) is 74.8 Å². The van der Waals surface area contributed by atoms with Crippen molar-refractivity contribution in [2.24, 2.45) is 0 Å². The number of nitrogens with zero attached hydrogens (tertiary/aromatic N) is 1. The minimum absolute atomic E-state index is 0.0541. The van der Waals surface area contributed by atoms with E-state index in [-0.39, 0.29) is 5.03 Å². The summed E-state index contributed by atoms with van der Waals surface area (Å²) < 4.78 is 26.4. The highest BCUT2D eigenvalue weighted by atomic mass is 32.2. The zero-order valence-corrected chi connectivity index (χ0v) is 10.4. The first-order valence-corrected chi connectivity index (χ1v) is 6.57. The van der Waals surface area contributed by atoms with Crippen molar-refractivity contribution in [2.45, 2.75) is 18.9 Å². The largest absolute Gasteiger partial charge is 0.278 e. The van der Waals surface area contributed by atoms with E-state index in [9.17, 15) is 8.42 Å².